The Hall–Kier alpha value is -1.90. The van der Waals surface area contributed by atoms with E-state index in [4.69, 9.17) is 4.74 Å². The van der Waals surface area contributed by atoms with Crippen molar-refractivity contribution >= 4 is 29.9 Å². The second-order valence-electron chi connectivity index (χ2n) is 4.58. The third-order valence-corrected chi connectivity index (χ3v) is 3.06. The van der Waals surface area contributed by atoms with Gasteiger partial charge in [-0.15, -0.1) is 24.0 Å². The molecule has 2 N–H and O–H groups in total. The molecule has 0 aliphatic rings. The van der Waals surface area contributed by atoms with E-state index in [1.54, 1.807) is 26.4 Å². The number of benzene rings is 1. The zero-order chi connectivity index (χ0) is 15.8. The van der Waals surface area contributed by atoms with Crippen molar-refractivity contribution < 1.29 is 9.13 Å². The molecule has 0 fully saturated rings. The minimum Gasteiger partial charge on any atom is -0.481 e. The first-order valence-electron chi connectivity index (χ1n) is 6.89. The first-order chi connectivity index (χ1) is 10.7. The lowest BCUT2D eigenvalue weighted by Gasteiger charge is -2.13. The van der Waals surface area contributed by atoms with Crippen molar-refractivity contribution in [2.24, 2.45) is 4.99 Å². The molecule has 0 radical (unpaired) electrons. The second kappa shape index (κ2) is 9.98. The number of ether oxygens (including phenoxy) is 1. The number of hydrogen-bond acceptors (Lipinski definition) is 3. The van der Waals surface area contributed by atoms with Crippen LogP contribution in [0.4, 0.5) is 4.39 Å². The summed E-state index contributed by atoms with van der Waals surface area (Å²) in [5.41, 5.74) is 1.78. The average Bonchev–Trinajstić information content (AvgIpc) is 2.55. The van der Waals surface area contributed by atoms with Gasteiger partial charge in [0.25, 0.3) is 0 Å². The maximum Gasteiger partial charge on any atom is 0.218 e. The fourth-order valence-corrected chi connectivity index (χ4v) is 1.97. The number of halogens is 2. The average molecular weight is 430 g/mol. The van der Waals surface area contributed by atoms with Crippen LogP contribution in [-0.2, 0) is 13.1 Å². The molecule has 0 bridgehead atoms. The number of methoxy groups -OCH3 is 1. The van der Waals surface area contributed by atoms with E-state index < -0.39 is 0 Å². The number of nitrogens with one attached hydrogen (secondary N) is 2. The molecule has 0 unspecified atom stereocenters. The van der Waals surface area contributed by atoms with Crippen LogP contribution in [-0.4, -0.2) is 25.1 Å². The minimum absolute atomic E-state index is 0. The Morgan fingerprint density at radius 3 is 2.70 bits per heavy atom. The topological polar surface area (TPSA) is 58.5 Å². The summed E-state index contributed by atoms with van der Waals surface area (Å²) in [6.45, 7) is 1.02. The van der Waals surface area contributed by atoms with Crippen LogP contribution < -0.4 is 15.4 Å². The lowest BCUT2D eigenvalue weighted by molar-refractivity contribution is 0.392. The predicted molar refractivity (Wildman–Crippen MR) is 99.6 cm³/mol. The SMILES string of the molecule is CN=C(NCc1cccc(F)c1)NCc1cccnc1OC.I. The van der Waals surface area contributed by atoms with E-state index in [9.17, 15) is 4.39 Å². The van der Waals surface area contributed by atoms with Gasteiger partial charge in [-0.3, -0.25) is 4.99 Å². The molecule has 0 saturated carbocycles. The number of pyridine rings is 1. The van der Waals surface area contributed by atoms with Gasteiger partial charge in [-0.2, -0.15) is 0 Å². The summed E-state index contributed by atoms with van der Waals surface area (Å²) in [7, 11) is 3.27. The zero-order valence-corrected chi connectivity index (χ0v) is 15.4. The summed E-state index contributed by atoms with van der Waals surface area (Å²) in [6.07, 6.45) is 1.68. The molecule has 23 heavy (non-hydrogen) atoms. The Labute approximate surface area is 152 Å². The van der Waals surface area contributed by atoms with E-state index in [1.807, 2.05) is 18.2 Å². The lowest BCUT2D eigenvalue weighted by atomic mass is 10.2. The fourth-order valence-electron chi connectivity index (χ4n) is 1.97. The highest BCUT2D eigenvalue weighted by molar-refractivity contribution is 14.0. The van der Waals surface area contributed by atoms with Crippen molar-refractivity contribution in [3.05, 3.63) is 59.5 Å². The van der Waals surface area contributed by atoms with Crippen LogP contribution in [0.3, 0.4) is 0 Å². The third kappa shape index (κ3) is 6.01. The molecule has 0 aliphatic heterocycles. The number of rotatable bonds is 5. The number of nitrogens with zero attached hydrogens (tertiary/aromatic N) is 2. The van der Waals surface area contributed by atoms with Crippen molar-refractivity contribution in [3.63, 3.8) is 0 Å². The monoisotopic (exact) mass is 430 g/mol. The van der Waals surface area contributed by atoms with E-state index in [-0.39, 0.29) is 29.8 Å². The Bertz CT molecular complexity index is 651. The number of hydrogen-bond donors (Lipinski definition) is 2. The Morgan fingerprint density at radius 2 is 2.00 bits per heavy atom. The largest absolute Gasteiger partial charge is 0.481 e. The van der Waals surface area contributed by atoms with Gasteiger partial charge in [0.15, 0.2) is 5.96 Å². The van der Waals surface area contributed by atoms with Gasteiger partial charge in [0.05, 0.1) is 7.11 Å². The van der Waals surface area contributed by atoms with Gasteiger partial charge >= 0.3 is 0 Å². The molecule has 1 aromatic heterocycles. The van der Waals surface area contributed by atoms with Crippen molar-refractivity contribution in [2.75, 3.05) is 14.2 Å². The third-order valence-electron chi connectivity index (χ3n) is 3.06. The molecule has 0 aliphatic carbocycles. The fraction of sp³-hybridized carbons (Fsp3) is 0.250. The Balaban J connectivity index is 0.00000264. The summed E-state index contributed by atoms with van der Waals surface area (Å²) >= 11 is 0. The van der Waals surface area contributed by atoms with Crippen LogP contribution in [0.1, 0.15) is 11.1 Å². The summed E-state index contributed by atoms with van der Waals surface area (Å²) in [5.74, 6) is 0.952. The maximum atomic E-state index is 13.1. The van der Waals surface area contributed by atoms with Crippen LogP contribution in [0.5, 0.6) is 5.88 Å². The van der Waals surface area contributed by atoms with Crippen molar-refractivity contribution in [1.82, 2.24) is 15.6 Å². The molecule has 1 aromatic carbocycles. The summed E-state index contributed by atoms with van der Waals surface area (Å²) in [6, 6.07) is 10.2. The summed E-state index contributed by atoms with van der Waals surface area (Å²) in [4.78, 5) is 8.28. The first-order valence-corrected chi connectivity index (χ1v) is 6.89. The van der Waals surface area contributed by atoms with Gasteiger partial charge in [0.2, 0.25) is 5.88 Å². The number of aromatic nitrogens is 1. The predicted octanol–water partition coefficient (Wildman–Crippen LogP) is 2.71. The summed E-state index contributed by atoms with van der Waals surface area (Å²) in [5, 5.41) is 6.30. The van der Waals surface area contributed by atoms with Gasteiger partial charge in [0, 0.05) is 31.9 Å². The molecule has 2 rings (SSSR count). The minimum atomic E-state index is -0.248. The zero-order valence-electron chi connectivity index (χ0n) is 13.0. The molecule has 0 saturated heterocycles. The summed E-state index contributed by atoms with van der Waals surface area (Å²) < 4.78 is 18.3. The molecule has 7 heteroatoms. The highest BCUT2D eigenvalue weighted by atomic mass is 127. The highest BCUT2D eigenvalue weighted by Gasteiger charge is 2.04. The second-order valence-corrected chi connectivity index (χ2v) is 4.58. The van der Waals surface area contributed by atoms with Crippen LogP contribution in [0.25, 0.3) is 0 Å². The van der Waals surface area contributed by atoms with E-state index >= 15 is 0 Å². The van der Waals surface area contributed by atoms with Crippen LogP contribution in [0.15, 0.2) is 47.6 Å². The molecular weight excluding hydrogens is 410 g/mol. The van der Waals surface area contributed by atoms with E-state index in [1.165, 1.54) is 12.1 Å². The maximum absolute atomic E-state index is 13.1. The van der Waals surface area contributed by atoms with Crippen molar-refractivity contribution in [2.45, 2.75) is 13.1 Å². The smallest absolute Gasteiger partial charge is 0.218 e. The molecule has 124 valence electrons. The van der Waals surface area contributed by atoms with Crippen LogP contribution in [0.2, 0.25) is 0 Å². The number of aliphatic imine (C=N–C) groups is 1. The standard InChI is InChI=1S/C16H19FN4O.HI/c1-18-16(20-10-12-5-3-7-14(17)9-12)21-11-13-6-4-8-19-15(13)22-2;/h3-9H,10-11H2,1-2H3,(H2,18,20,21);1H. The molecule has 0 spiro atoms. The van der Waals surface area contributed by atoms with E-state index in [2.05, 4.69) is 20.6 Å². The van der Waals surface area contributed by atoms with Crippen molar-refractivity contribution in [1.29, 1.82) is 0 Å². The first kappa shape index (κ1) is 19.1. The molecule has 5 nitrogen and oxygen atoms in total. The van der Waals surface area contributed by atoms with Gasteiger partial charge in [-0.1, -0.05) is 18.2 Å². The quantitative estimate of drug-likeness (QED) is 0.435. The lowest BCUT2D eigenvalue weighted by Crippen LogP contribution is -2.36. The van der Waals surface area contributed by atoms with Crippen LogP contribution in [0, 0.1) is 5.82 Å². The van der Waals surface area contributed by atoms with Gasteiger partial charge in [0.1, 0.15) is 5.82 Å². The highest BCUT2D eigenvalue weighted by Crippen LogP contribution is 2.12. The van der Waals surface area contributed by atoms with E-state index in [0.717, 1.165) is 11.1 Å². The van der Waals surface area contributed by atoms with Crippen LogP contribution >= 0.6 is 24.0 Å². The Morgan fingerprint density at radius 1 is 1.22 bits per heavy atom. The molecule has 1 heterocycles. The molecular formula is C16H20FIN4O. The molecule has 0 atom stereocenters. The van der Waals surface area contributed by atoms with Gasteiger partial charge in [-0.25, -0.2) is 9.37 Å². The van der Waals surface area contributed by atoms with Crippen molar-refractivity contribution in [3.8, 4) is 5.88 Å². The molecule has 2 aromatic rings. The molecule has 0 amide bonds. The normalized spacial score (nSPS) is 10.7. The number of guanidine groups is 1. The Kier molecular flexibility index (Phi) is 8.31. The van der Waals surface area contributed by atoms with Gasteiger partial charge in [-0.05, 0) is 23.8 Å². The van der Waals surface area contributed by atoms with E-state index in [0.29, 0.717) is 24.9 Å². The van der Waals surface area contributed by atoms with Gasteiger partial charge < -0.3 is 15.4 Å².